The van der Waals surface area contributed by atoms with Gasteiger partial charge in [0.05, 0.1) is 17.6 Å². The third-order valence-electron chi connectivity index (χ3n) is 4.84. The van der Waals surface area contributed by atoms with E-state index in [0.717, 1.165) is 36.4 Å². The lowest BCUT2D eigenvalue weighted by Crippen LogP contribution is -2.37. The highest BCUT2D eigenvalue weighted by Crippen LogP contribution is 2.17. The van der Waals surface area contributed by atoms with Gasteiger partial charge in [0.2, 0.25) is 5.91 Å². The van der Waals surface area contributed by atoms with Gasteiger partial charge in [-0.15, -0.1) is 0 Å². The molecule has 3 rings (SSSR count). The van der Waals surface area contributed by atoms with Gasteiger partial charge in [-0.3, -0.25) is 9.59 Å². The molecule has 0 saturated heterocycles. The largest absolute Gasteiger partial charge is 0.354 e. The number of hydrogen-bond acceptors (Lipinski definition) is 4. The molecule has 0 aliphatic carbocycles. The van der Waals surface area contributed by atoms with Crippen LogP contribution in [0.25, 0.3) is 11.0 Å². The van der Waals surface area contributed by atoms with Crippen molar-refractivity contribution in [2.45, 2.75) is 19.4 Å². The number of rotatable bonds is 10. The first-order chi connectivity index (χ1) is 14.5. The van der Waals surface area contributed by atoms with Crippen LogP contribution in [0.3, 0.4) is 0 Å². The molecule has 30 heavy (non-hydrogen) atoms. The molecule has 3 aromatic rings. The molecule has 0 aliphatic heterocycles. The second-order valence-electron chi connectivity index (χ2n) is 7.47. The number of imidazole rings is 1. The van der Waals surface area contributed by atoms with Crippen LogP contribution in [0.2, 0.25) is 0 Å². The van der Waals surface area contributed by atoms with Gasteiger partial charge in [-0.25, -0.2) is 4.98 Å². The molecule has 0 bridgehead atoms. The number of aryl methyl sites for hydroxylation is 1. The van der Waals surface area contributed by atoms with Crippen LogP contribution >= 0.6 is 0 Å². The summed E-state index contributed by atoms with van der Waals surface area (Å²) >= 11 is 0. The third-order valence-corrected chi connectivity index (χ3v) is 4.84. The van der Waals surface area contributed by atoms with Crippen molar-refractivity contribution >= 4 is 22.8 Å². The highest BCUT2D eigenvalue weighted by atomic mass is 16.2. The van der Waals surface area contributed by atoms with Gasteiger partial charge in [0.25, 0.3) is 5.91 Å². The molecule has 7 heteroatoms. The van der Waals surface area contributed by atoms with Crippen LogP contribution in [0.4, 0.5) is 0 Å². The molecule has 2 N–H and O–H groups in total. The fraction of sp³-hybridized carbons (Fsp3) is 0.348. The molecule has 0 radical (unpaired) electrons. The normalized spacial score (nSPS) is 11.0. The van der Waals surface area contributed by atoms with E-state index in [0.29, 0.717) is 18.5 Å². The number of hydrogen-bond donors (Lipinski definition) is 2. The summed E-state index contributed by atoms with van der Waals surface area (Å²) in [7, 11) is 4.14. The van der Waals surface area contributed by atoms with Crippen molar-refractivity contribution in [3.8, 4) is 0 Å². The smallest absolute Gasteiger partial charge is 0.251 e. The van der Waals surface area contributed by atoms with Crippen LogP contribution in [0, 0.1) is 0 Å². The number of benzene rings is 2. The Labute approximate surface area is 177 Å². The fourth-order valence-corrected chi connectivity index (χ4v) is 3.34. The van der Waals surface area contributed by atoms with Crippen LogP contribution in [-0.4, -0.2) is 60.0 Å². The number of nitrogens with zero attached hydrogens (tertiary/aromatic N) is 3. The zero-order chi connectivity index (χ0) is 21.3. The van der Waals surface area contributed by atoms with E-state index in [2.05, 4.69) is 40.3 Å². The predicted molar refractivity (Wildman–Crippen MR) is 118 cm³/mol. The maximum absolute atomic E-state index is 12.1. The van der Waals surface area contributed by atoms with E-state index in [9.17, 15) is 9.59 Å². The summed E-state index contributed by atoms with van der Waals surface area (Å²) in [5.41, 5.74) is 2.63. The van der Waals surface area contributed by atoms with Crippen LogP contribution in [0.5, 0.6) is 0 Å². The topological polar surface area (TPSA) is 79.3 Å². The Morgan fingerprint density at radius 3 is 2.50 bits per heavy atom. The lowest BCUT2D eigenvalue weighted by Gasteiger charge is -2.13. The van der Waals surface area contributed by atoms with Gasteiger partial charge >= 0.3 is 0 Å². The maximum atomic E-state index is 12.1. The molecule has 0 aliphatic rings. The summed E-state index contributed by atoms with van der Waals surface area (Å²) in [6.45, 7) is 2.31. The molecule has 2 aromatic carbocycles. The number of aromatic nitrogens is 2. The van der Waals surface area contributed by atoms with E-state index in [1.54, 1.807) is 24.3 Å². The Morgan fingerprint density at radius 1 is 1.00 bits per heavy atom. The van der Waals surface area contributed by atoms with Crippen LogP contribution < -0.4 is 10.6 Å². The number of nitrogens with one attached hydrogen (secondary N) is 2. The molecule has 0 atom stereocenters. The quantitative estimate of drug-likeness (QED) is 0.539. The average molecular weight is 408 g/mol. The number of para-hydroxylation sites is 2. The number of fused-ring (bicyclic) bond motifs is 1. The van der Waals surface area contributed by atoms with Crippen molar-refractivity contribution in [2.24, 2.45) is 0 Å². The molecular formula is C23H29N5O2. The first kappa shape index (κ1) is 21.5. The third kappa shape index (κ3) is 5.90. The summed E-state index contributed by atoms with van der Waals surface area (Å²) in [4.78, 5) is 31.1. The Bertz CT molecular complexity index is 982. The van der Waals surface area contributed by atoms with E-state index in [4.69, 9.17) is 4.98 Å². The van der Waals surface area contributed by atoms with Gasteiger partial charge in [0, 0.05) is 25.1 Å². The molecule has 7 nitrogen and oxygen atoms in total. The Balaban J connectivity index is 1.52. The van der Waals surface area contributed by atoms with Gasteiger partial charge in [-0.2, -0.15) is 0 Å². The van der Waals surface area contributed by atoms with Crippen molar-refractivity contribution in [1.29, 1.82) is 0 Å². The Hall–Kier alpha value is -3.19. The van der Waals surface area contributed by atoms with Crippen molar-refractivity contribution in [3.05, 3.63) is 66.0 Å². The lowest BCUT2D eigenvalue weighted by molar-refractivity contribution is -0.120. The average Bonchev–Trinajstić information content (AvgIpc) is 3.10. The zero-order valence-electron chi connectivity index (χ0n) is 17.6. The van der Waals surface area contributed by atoms with Crippen molar-refractivity contribution in [3.63, 3.8) is 0 Å². The van der Waals surface area contributed by atoms with Crippen LogP contribution in [-0.2, 0) is 17.8 Å². The van der Waals surface area contributed by atoms with E-state index >= 15 is 0 Å². The molecule has 1 heterocycles. The van der Waals surface area contributed by atoms with Crippen molar-refractivity contribution in [2.75, 3.05) is 33.7 Å². The minimum absolute atomic E-state index is 0.0486. The summed E-state index contributed by atoms with van der Waals surface area (Å²) in [5.74, 6) is 0.492. The Kier molecular flexibility index (Phi) is 7.57. The number of amides is 2. The molecule has 158 valence electrons. The van der Waals surface area contributed by atoms with Gasteiger partial charge < -0.3 is 20.1 Å². The molecule has 1 aromatic heterocycles. The minimum atomic E-state index is -0.256. The Morgan fingerprint density at radius 2 is 1.73 bits per heavy atom. The van der Waals surface area contributed by atoms with E-state index in [-0.39, 0.29) is 18.4 Å². The van der Waals surface area contributed by atoms with E-state index < -0.39 is 0 Å². The van der Waals surface area contributed by atoms with Crippen LogP contribution in [0.1, 0.15) is 22.6 Å². The maximum Gasteiger partial charge on any atom is 0.251 e. The summed E-state index contributed by atoms with van der Waals surface area (Å²) in [6, 6.07) is 17.0. The van der Waals surface area contributed by atoms with E-state index in [1.807, 2.05) is 24.3 Å². The zero-order valence-corrected chi connectivity index (χ0v) is 17.6. The van der Waals surface area contributed by atoms with Gasteiger partial charge in [-0.1, -0.05) is 30.3 Å². The molecule has 2 amide bonds. The van der Waals surface area contributed by atoms with Crippen molar-refractivity contribution in [1.82, 2.24) is 25.1 Å². The van der Waals surface area contributed by atoms with Crippen LogP contribution in [0.15, 0.2) is 54.6 Å². The lowest BCUT2D eigenvalue weighted by atomic mass is 10.2. The summed E-state index contributed by atoms with van der Waals surface area (Å²) < 4.78 is 2.24. The molecule has 0 spiro atoms. The van der Waals surface area contributed by atoms with Crippen molar-refractivity contribution < 1.29 is 9.59 Å². The van der Waals surface area contributed by atoms with E-state index in [1.165, 1.54) is 0 Å². The highest BCUT2D eigenvalue weighted by Gasteiger charge is 2.11. The standard InChI is InChI=1S/C23H29N5O2/c1-27(2)15-8-16-28-20-12-7-6-11-19(20)26-21(28)13-14-24-22(29)17-25-23(30)18-9-4-3-5-10-18/h3-7,9-12H,8,13-17H2,1-2H3,(H,24,29)(H,25,30). The number of carbonyl (C=O) groups is 2. The first-order valence-corrected chi connectivity index (χ1v) is 10.2. The van der Waals surface area contributed by atoms with Gasteiger partial charge in [0.1, 0.15) is 5.82 Å². The number of carbonyl (C=O) groups excluding carboxylic acids is 2. The molecule has 0 fully saturated rings. The summed E-state index contributed by atoms with van der Waals surface area (Å²) in [6.07, 6.45) is 1.66. The predicted octanol–water partition coefficient (Wildman–Crippen LogP) is 2.08. The van der Waals surface area contributed by atoms with Gasteiger partial charge in [-0.05, 0) is 51.3 Å². The monoisotopic (exact) mass is 407 g/mol. The second kappa shape index (κ2) is 10.5. The highest BCUT2D eigenvalue weighted by molar-refractivity contribution is 5.96. The fourth-order valence-electron chi connectivity index (χ4n) is 3.34. The second-order valence-corrected chi connectivity index (χ2v) is 7.47. The minimum Gasteiger partial charge on any atom is -0.354 e. The molecule has 0 saturated carbocycles. The molecular weight excluding hydrogens is 378 g/mol. The molecule has 0 unspecified atom stereocenters. The SMILES string of the molecule is CN(C)CCCn1c(CCNC(=O)CNC(=O)c2ccccc2)nc2ccccc21. The van der Waals surface area contributed by atoms with Gasteiger partial charge in [0.15, 0.2) is 0 Å². The first-order valence-electron chi connectivity index (χ1n) is 10.2. The summed E-state index contributed by atoms with van der Waals surface area (Å²) in [5, 5.41) is 5.51.